The van der Waals surface area contributed by atoms with Gasteiger partial charge >= 0.3 is 0 Å². The van der Waals surface area contributed by atoms with Gasteiger partial charge in [-0.15, -0.1) is 0 Å². The van der Waals surface area contributed by atoms with Gasteiger partial charge in [0.2, 0.25) is 17.7 Å². The highest BCUT2D eigenvalue weighted by Gasteiger charge is 2.39. The van der Waals surface area contributed by atoms with E-state index in [1.807, 2.05) is 12.1 Å². The number of aryl methyl sites for hydroxylation is 1. The summed E-state index contributed by atoms with van der Waals surface area (Å²) in [5.41, 5.74) is 2.38. The number of rotatable bonds is 9. The summed E-state index contributed by atoms with van der Waals surface area (Å²) in [5.74, 6) is 0.787. The van der Waals surface area contributed by atoms with Crippen LogP contribution in [0.15, 0.2) is 53.6 Å². The maximum atomic E-state index is 13.2. The van der Waals surface area contributed by atoms with Crippen molar-refractivity contribution in [2.45, 2.75) is 38.1 Å². The number of methoxy groups -OCH3 is 3. The van der Waals surface area contributed by atoms with Crippen LogP contribution in [0.2, 0.25) is 0 Å². The number of fused-ring (bicyclic) bond motifs is 2. The molecular weight excluding hydrogens is 618 g/mol. The molecule has 248 valence electrons. The van der Waals surface area contributed by atoms with Crippen LogP contribution in [-0.4, -0.2) is 83.6 Å². The maximum Gasteiger partial charge on any atom is 0.259 e. The lowest BCUT2D eigenvalue weighted by Crippen LogP contribution is -2.53. The fraction of sp³-hybridized carbons (Fsp3) is 0.343. The van der Waals surface area contributed by atoms with E-state index in [-0.39, 0.29) is 35.6 Å². The van der Waals surface area contributed by atoms with Crippen LogP contribution in [0.3, 0.4) is 0 Å². The third kappa shape index (κ3) is 5.49. The van der Waals surface area contributed by atoms with E-state index in [1.54, 1.807) is 24.3 Å². The lowest BCUT2D eigenvalue weighted by atomic mass is 9.98. The standard InChI is InChI=1S/C35H35N5O8/c1-38-17-26(24-12-32(47-4)36-13-25(24)34(38)43)20-9-29(45-2)27(30(10-20)46-3)18-39-15-22(16-39)48-21-6-5-19-14-40(35(44)23(19)11-21)28-7-8-31(41)37-33(28)42/h5-6,9-13,17,22,28H,7-8,14-16,18H2,1-4H3,(H,37,41,42)/i1D3. The Kier molecular flexibility index (Phi) is 7.09. The van der Waals surface area contributed by atoms with Crippen LogP contribution >= 0.6 is 0 Å². The number of amides is 3. The van der Waals surface area contributed by atoms with E-state index in [1.165, 1.54) is 38.6 Å². The molecule has 3 aliphatic heterocycles. The number of carbonyl (C=O) groups excluding carboxylic acids is 3. The minimum atomic E-state index is -2.73. The molecule has 0 spiro atoms. The summed E-state index contributed by atoms with van der Waals surface area (Å²) < 4.78 is 47.7. The minimum absolute atomic E-state index is 0.123. The minimum Gasteiger partial charge on any atom is -0.496 e. The zero-order valence-electron chi connectivity index (χ0n) is 29.6. The topological polar surface area (TPSA) is 142 Å². The first-order valence-electron chi connectivity index (χ1n) is 16.9. The number of ether oxygens (including phenoxy) is 4. The molecular formula is C35H35N5O8. The van der Waals surface area contributed by atoms with Crippen molar-refractivity contribution in [2.75, 3.05) is 34.4 Å². The fourth-order valence-corrected chi connectivity index (χ4v) is 6.60. The Morgan fingerprint density at radius 1 is 0.958 bits per heavy atom. The van der Waals surface area contributed by atoms with Gasteiger partial charge in [0.1, 0.15) is 29.4 Å². The third-order valence-corrected chi connectivity index (χ3v) is 9.11. The Morgan fingerprint density at radius 3 is 2.42 bits per heavy atom. The highest BCUT2D eigenvalue weighted by molar-refractivity contribution is 6.05. The van der Waals surface area contributed by atoms with Gasteiger partial charge in [-0.2, -0.15) is 0 Å². The first kappa shape index (κ1) is 27.7. The second-order valence-electron chi connectivity index (χ2n) is 12.0. The monoisotopic (exact) mass is 656 g/mol. The second kappa shape index (κ2) is 12.3. The van der Waals surface area contributed by atoms with Crippen molar-refractivity contribution in [1.29, 1.82) is 0 Å². The third-order valence-electron chi connectivity index (χ3n) is 9.11. The van der Waals surface area contributed by atoms with Crippen LogP contribution in [0.1, 0.15) is 38.4 Å². The lowest BCUT2D eigenvalue weighted by Gasteiger charge is -2.39. The fourth-order valence-electron chi connectivity index (χ4n) is 6.60. The second-order valence-corrected chi connectivity index (χ2v) is 12.0. The number of pyridine rings is 2. The van der Waals surface area contributed by atoms with E-state index in [0.29, 0.717) is 71.9 Å². The van der Waals surface area contributed by atoms with Gasteiger partial charge in [0, 0.05) is 78.7 Å². The zero-order chi connectivity index (χ0) is 36.2. The number of benzene rings is 2. The Hall–Kier alpha value is -5.43. The first-order chi connectivity index (χ1) is 24.4. The predicted octanol–water partition coefficient (Wildman–Crippen LogP) is 2.65. The summed E-state index contributed by atoms with van der Waals surface area (Å²) in [4.78, 5) is 58.1. The van der Waals surface area contributed by atoms with Crippen LogP contribution in [0.25, 0.3) is 21.9 Å². The molecule has 0 bridgehead atoms. The van der Waals surface area contributed by atoms with Gasteiger partial charge in [0.25, 0.3) is 11.5 Å². The number of imide groups is 1. The molecule has 1 unspecified atom stereocenters. The number of hydrogen-bond acceptors (Lipinski definition) is 10. The lowest BCUT2D eigenvalue weighted by molar-refractivity contribution is -0.136. The molecule has 13 nitrogen and oxygen atoms in total. The molecule has 2 aromatic heterocycles. The zero-order valence-corrected chi connectivity index (χ0v) is 26.6. The maximum absolute atomic E-state index is 13.2. The van der Waals surface area contributed by atoms with E-state index >= 15 is 0 Å². The van der Waals surface area contributed by atoms with Crippen molar-refractivity contribution < 1.29 is 37.4 Å². The van der Waals surface area contributed by atoms with Crippen molar-refractivity contribution in [1.82, 2.24) is 24.7 Å². The van der Waals surface area contributed by atoms with Crippen molar-refractivity contribution in [3.05, 3.63) is 75.8 Å². The number of aromatic nitrogens is 2. The van der Waals surface area contributed by atoms with Gasteiger partial charge in [0.15, 0.2) is 0 Å². The van der Waals surface area contributed by atoms with Gasteiger partial charge in [-0.1, -0.05) is 6.07 Å². The molecule has 3 amide bonds. The molecule has 48 heavy (non-hydrogen) atoms. The van der Waals surface area contributed by atoms with Gasteiger partial charge in [-0.25, -0.2) is 4.98 Å². The number of nitrogens with one attached hydrogen (secondary N) is 1. The highest BCUT2D eigenvalue weighted by Crippen LogP contribution is 2.39. The molecule has 2 saturated heterocycles. The van der Waals surface area contributed by atoms with Gasteiger partial charge < -0.3 is 28.4 Å². The van der Waals surface area contributed by atoms with E-state index in [0.717, 1.165) is 15.7 Å². The average Bonchev–Trinajstić information content (AvgIpc) is 3.41. The molecule has 2 aromatic carbocycles. The summed E-state index contributed by atoms with van der Waals surface area (Å²) in [5, 5.41) is 2.90. The smallest absolute Gasteiger partial charge is 0.259 e. The molecule has 1 N–H and O–H groups in total. The van der Waals surface area contributed by atoms with Crippen LogP contribution in [0, 0.1) is 0 Å². The molecule has 0 radical (unpaired) electrons. The highest BCUT2D eigenvalue weighted by atomic mass is 16.5. The molecule has 0 saturated carbocycles. The van der Waals surface area contributed by atoms with E-state index in [4.69, 9.17) is 23.1 Å². The summed E-state index contributed by atoms with van der Waals surface area (Å²) in [6, 6.07) is 9.83. The number of hydrogen-bond donors (Lipinski definition) is 1. The summed E-state index contributed by atoms with van der Waals surface area (Å²) in [6.07, 6.45) is 2.97. The van der Waals surface area contributed by atoms with Gasteiger partial charge in [-0.3, -0.25) is 29.4 Å². The number of carbonyl (C=O) groups is 3. The molecule has 13 heteroatoms. The molecule has 0 aliphatic carbocycles. The van der Waals surface area contributed by atoms with E-state index in [2.05, 4.69) is 15.2 Å². The SMILES string of the molecule is [2H]C([2H])([2H])n1cc(-c2cc(OC)c(CN3CC(Oc4ccc5c(c4)C(=O)N(C4CCC(=O)NC4=O)C5)C3)c(OC)c2)c2cc(OC)ncc2c1=O. The Bertz CT molecular complexity index is 2120. The molecule has 2 fully saturated rings. The quantitative estimate of drug-likeness (QED) is 0.267. The van der Waals surface area contributed by atoms with Gasteiger partial charge in [0.05, 0.1) is 32.3 Å². The average molecular weight is 657 g/mol. The number of nitrogens with zero attached hydrogens (tertiary/aromatic N) is 4. The van der Waals surface area contributed by atoms with E-state index < -0.39 is 24.5 Å². The molecule has 7 rings (SSSR count). The van der Waals surface area contributed by atoms with E-state index in [9.17, 15) is 19.2 Å². The van der Waals surface area contributed by atoms with Crippen LogP contribution in [0.5, 0.6) is 23.1 Å². The molecule has 3 aliphatic rings. The summed E-state index contributed by atoms with van der Waals surface area (Å²) >= 11 is 0. The Morgan fingerprint density at radius 2 is 1.73 bits per heavy atom. The number of piperidine rings is 1. The van der Waals surface area contributed by atoms with Crippen LogP contribution in [0.4, 0.5) is 0 Å². The van der Waals surface area contributed by atoms with Gasteiger partial charge in [-0.05, 0) is 41.8 Å². The van der Waals surface area contributed by atoms with Crippen molar-refractivity contribution >= 4 is 28.5 Å². The normalized spacial score (nSPS) is 19.2. The summed E-state index contributed by atoms with van der Waals surface area (Å²) in [7, 11) is 4.53. The largest absolute Gasteiger partial charge is 0.496 e. The predicted molar refractivity (Wildman–Crippen MR) is 174 cm³/mol. The van der Waals surface area contributed by atoms with Crippen molar-refractivity contribution in [3.8, 4) is 34.3 Å². The number of likely N-dealkylation sites (tertiary alicyclic amines) is 1. The molecule has 5 heterocycles. The van der Waals surface area contributed by atoms with Crippen LogP contribution < -0.4 is 29.8 Å². The van der Waals surface area contributed by atoms with Crippen LogP contribution in [-0.2, 0) is 29.7 Å². The van der Waals surface area contributed by atoms with Crippen molar-refractivity contribution in [2.24, 2.45) is 6.98 Å². The Labute approximate surface area is 280 Å². The Balaban J connectivity index is 1.08. The molecule has 4 aromatic rings. The summed E-state index contributed by atoms with van der Waals surface area (Å²) in [6.45, 7) is -0.796. The molecule has 1 atom stereocenters. The van der Waals surface area contributed by atoms with Crippen molar-refractivity contribution in [3.63, 3.8) is 0 Å². The first-order valence-corrected chi connectivity index (χ1v) is 15.4.